The van der Waals surface area contributed by atoms with Crippen molar-refractivity contribution in [1.82, 2.24) is 0 Å². The first-order valence-electron chi connectivity index (χ1n) is 5.42. The lowest BCUT2D eigenvalue weighted by molar-refractivity contribution is -0.141. The molecule has 0 aromatic heterocycles. The molecule has 0 aliphatic rings. The number of rotatable bonds is 3. The van der Waals surface area contributed by atoms with Gasteiger partial charge in [-0.2, -0.15) is 0 Å². The van der Waals surface area contributed by atoms with Crippen LogP contribution in [0.4, 0.5) is 0 Å². The Kier molecular flexibility index (Phi) is 4.24. The average Bonchev–Trinajstić information content (AvgIpc) is 2.27. The summed E-state index contributed by atoms with van der Waals surface area (Å²) in [5.41, 5.74) is 0.378. The molecule has 0 aliphatic heterocycles. The summed E-state index contributed by atoms with van der Waals surface area (Å²) in [5, 5.41) is 0. The molecule has 0 saturated carbocycles. The van der Waals surface area contributed by atoms with Gasteiger partial charge in [0.25, 0.3) is 0 Å². The minimum atomic E-state index is -0.601. The third-order valence-electron chi connectivity index (χ3n) is 2.27. The van der Waals surface area contributed by atoms with Crippen LogP contribution in [0.25, 0.3) is 0 Å². The summed E-state index contributed by atoms with van der Waals surface area (Å²) in [6, 6.07) is 9.33. The summed E-state index contributed by atoms with van der Waals surface area (Å²) in [6.45, 7) is 5.49. The fourth-order valence-electron chi connectivity index (χ4n) is 1.30. The lowest BCUT2D eigenvalue weighted by Gasteiger charge is -2.17. The third kappa shape index (κ3) is 3.89. The van der Waals surface area contributed by atoms with Gasteiger partial charge < -0.3 is 4.74 Å². The van der Waals surface area contributed by atoms with Crippen molar-refractivity contribution < 1.29 is 14.3 Å². The van der Waals surface area contributed by atoms with Gasteiger partial charge in [0.05, 0.1) is 0 Å². The molecule has 17 heavy (non-hydrogen) atoms. The summed E-state index contributed by atoms with van der Waals surface area (Å²) in [4.78, 5) is 22.4. The molecule has 90 valence electrons. The molecule has 0 spiro atoms. The highest BCUT2D eigenvalue weighted by molar-refractivity contribution is 5.98. The highest BCUT2D eigenvalue weighted by Crippen LogP contribution is 2.24. The highest BCUT2D eigenvalue weighted by atomic mass is 16.5. The molecule has 0 atom stereocenters. The van der Waals surface area contributed by atoms with E-state index in [2.05, 4.69) is 0 Å². The predicted molar refractivity (Wildman–Crippen MR) is 64.9 cm³/mol. The number of hydrogen-bond donors (Lipinski definition) is 0. The van der Waals surface area contributed by atoms with Crippen LogP contribution in [0, 0.1) is 5.41 Å². The maximum atomic E-state index is 11.7. The van der Waals surface area contributed by atoms with E-state index in [0.29, 0.717) is 0 Å². The molecular formula is C14H16O3. The van der Waals surface area contributed by atoms with Crippen LogP contribution >= 0.6 is 0 Å². The zero-order valence-electron chi connectivity index (χ0n) is 10.3. The first-order valence-corrected chi connectivity index (χ1v) is 5.42. The van der Waals surface area contributed by atoms with Gasteiger partial charge >= 0.3 is 5.97 Å². The van der Waals surface area contributed by atoms with Crippen molar-refractivity contribution in [2.24, 2.45) is 5.41 Å². The third-order valence-corrected chi connectivity index (χ3v) is 2.27. The Labute approximate surface area is 101 Å². The number of hydrogen-bond acceptors (Lipinski definition) is 3. The maximum absolute atomic E-state index is 11.7. The predicted octanol–water partition coefficient (Wildman–Crippen LogP) is 2.53. The van der Waals surface area contributed by atoms with Crippen LogP contribution < -0.4 is 0 Å². The Hall–Kier alpha value is -1.86. The molecule has 1 aromatic carbocycles. The van der Waals surface area contributed by atoms with Gasteiger partial charge in [-0.25, -0.2) is 9.59 Å². The minimum absolute atomic E-state index is 0.0356. The molecule has 0 N–H and O–H groups in total. The SMILES string of the molecule is CC(C)(C)C(=C=O)C(=O)OCc1ccccc1. The topological polar surface area (TPSA) is 43.4 Å². The van der Waals surface area contributed by atoms with E-state index in [4.69, 9.17) is 4.74 Å². The van der Waals surface area contributed by atoms with Gasteiger partial charge in [0, 0.05) is 5.41 Å². The van der Waals surface area contributed by atoms with Crippen LogP contribution in [0.15, 0.2) is 35.9 Å². The molecule has 0 radical (unpaired) electrons. The van der Waals surface area contributed by atoms with Crippen molar-refractivity contribution in [2.75, 3.05) is 0 Å². The molecule has 0 amide bonds. The van der Waals surface area contributed by atoms with E-state index in [1.54, 1.807) is 26.7 Å². The average molecular weight is 232 g/mol. The zero-order valence-corrected chi connectivity index (χ0v) is 10.3. The molecule has 0 fully saturated rings. The molecular weight excluding hydrogens is 216 g/mol. The Bertz CT molecular complexity index is 434. The summed E-state index contributed by atoms with van der Waals surface area (Å²) in [7, 11) is 0. The zero-order chi connectivity index (χ0) is 12.9. The Balaban J connectivity index is 2.65. The summed E-state index contributed by atoms with van der Waals surface area (Å²) in [6.07, 6.45) is 0. The van der Waals surface area contributed by atoms with Crippen LogP contribution in [0.3, 0.4) is 0 Å². The van der Waals surface area contributed by atoms with Crippen molar-refractivity contribution in [3.8, 4) is 0 Å². The minimum Gasteiger partial charge on any atom is -0.457 e. The number of ether oxygens (including phenoxy) is 1. The second-order valence-corrected chi connectivity index (χ2v) is 4.79. The number of benzene rings is 1. The van der Waals surface area contributed by atoms with Crippen molar-refractivity contribution in [2.45, 2.75) is 27.4 Å². The van der Waals surface area contributed by atoms with Gasteiger partial charge in [-0.15, -0.1) is 0 Å². The van der Waals surface area contributed by atoms with E-state index in [9.17, 15) is 9.59 Å². The smallest absolute Gasteiger partial charge is 0.346 e. The second-order valence-electron chi connectivity index (χ2n) is 4.79. The fraction of sp³-hybridized carbons (Fsp3) is 0.357. The summed E-state index contributed by atoms with van der Waals surface area (Å²) < 4.78 is 5.07. The molecule has 0 unspecified atom stereocenters. The monoisotopic (exact) mass is 232 g/mol. The summed E-state index contributed by atoms with van der Waals surface area (Å²) in [5.74, 6) is 1.07. The molecule has 0 heterocycles. The maximum Gasteiger partial charge on any atom is 0.346 e. The number of carbonyl (C=O) groups excluding carboxylic acids is 2. The molecule has 1 aromatic rings. The van der Waals surface area contributed by atoms with Crippen LogP contribution in [-0.4, -0.2) is 11.9 Å². The second kappa shape index (κ2) is 5.46. The van der Waals surface area contributed by atoms with Gasteiger partial charge in [-0.05, 0) is 5.56 Å². The van der Waals surface area contributed by atoms with Crippen LogP contribution in [0.5, 0.6) is 0 Å². The Morgan fingerprint density at radius 2 is 1.82 bits per heavy atom. The lowest BCUT2D eigenvalue weighted by Crippen LogP contribution is -2.20. The highest BCUT2D eigenvalue weighted by Gasteiger charge is 2.26. The van der Waals surface area contributed by atoms with E-state index >= 15 is 0 Å². The van der Waals surface area contributed by atoms with Gasteiger partial charge in [0.2, 0.25) is 0 Å². The molecule has 0 aliphatic carbocycles. The van der Waals surface area contributed by atoms with E-state index < -0.39 is 11.4 Å². The lowest BCUT2D eigenvalue weighted by atomic mass is 9.87. The quantitative estimate of drug-likeness (QED) is 0.457. The van der Waals surface area contributed by atoms with Gasteiger partial charge in [0.15, 0.2) is 0 Å². The Morgan fingerprint density at radius 3 is 2.29 bits per heavy atom. The van der Waals surface area contributed by atoms with Crippen molar-refractivity contribution in [1.29, 1.82) is 0 Å². The largest absolute Gasteiger partial charge is 0.457 e. The fourth-order valence-corrected chi connectivity index (χ4v) is 1.30. The van der Waals surface area contributed by atoms with Crippen molar-refractivity contribution in [3.63, 3.8) is 0 Å². The van der Waals surface area contributed by atoms with E-state index in [1.807, 2.05) is 30.3 Å². The standard InChI is InChI=1S/C14H16O3/c1-14(2,3)12(9-15)13(16)17-10-11-7-5-4-6-8-11/h4-8H,10H2,1-3H3. The number of esters is 1. The molecule has 3 nitrogen and oxygen atoms in total. The van der Waals surface area contributed by atoms with E-state index in [1.165, 1.54) is 0 Å². The van der Waals surface area contributed by atoms with Crippen LogP contribution in [0.1, 0.15) is 26.3 Å². The summed E-state index contributed by atoms with van der Waals surface area (Å²) >= 11 is 0. The van der Waals surface area contributed by atoms with E-state index in [0.717, 1.165) is 5.56 Å². The van der Waals surface area contributed by atoms with Gasteiger partial charge in [-0.3, -0.25) is 0 Å². The van der Waals surface area contributed by atoms with Crippen LogP contribution in [0.2, 0.25) is 0 Å². The first kappa shape index (κ1) is 13.2. The van der Waals surface area contributed by atoms with Crippen LogP contribution in [-0.2, 0) is 20.9 Å². The molecule has 0 bridgehead atoms. The Morgan fingerprint density at radius 1 is 1.24 bits per heavy atom. The molecule has 1 rings (SSSR count). The first-order chi connectivity index (χ1) is 7.95. The van der Waals surface area contributed by atoms with Crippen molar-refractivity contribution >= 4 is 11.9 Å². The normalized spacial score (nSPS) is 10.5. The molecule has 3 heteroatoms. The van der Waals surface area contributed by atoms with E-state index in [-0.39, 0.29) is 12.2 Å². The van der Waals surface area contributed by atoms with Crippen molar-refractivity contribution in [3.05, 3.63) is 41.5 Å². The number of carbonyl (C=O) groups is 1. The molecule has 0 saturated heterocycles. The van der Waals surface area contributed by atoms with Gasteiger partial charge in [-0.1, -0.05) is 51.1 Å². The van der Waals surface area contributed by atoms with Gasteiger partial charge in [0.1, 0.15) is 18.1 Å².